The Labute approximate surface area is 124 Å². The summed E-state index contributed by atoms with van der Waals surface area (Å²) in [4.78, 5) is 9.27. The summed E-state index contributed by atoms with van der Waals surface area (Å²) in [5.74, 6) is 1.68. The molecule has 0 saturated heterocycles. The van der Waals surface area contributed by atoms with E-state index in [0.29, 0.717) is 6.42 Å². The Morgan fingerprint density at radius 3 is 2.42 bits per heavy atom. The highest BCUT2D eigenvalue weighted by atomic mass is 79.9. The van der Waals surface area contributed by atoms with Crippen LogP contribution in [0.4, 0.5) is 5.82 Å². The molecule has 0 aliphatic carbocycles. The van der Waals surface area contributed by atoms with Crippen LogP contribution in [0, 0.1) is 0 Å². The minimum absolute atomic E-state index is 0.0307. The lowest BCUT2D eigenvalue weighted by molar-refractivity contribution is 0.117. The Bertz CT molecular complexity index is 429. The molecule has 0 radical (unpaired) electrons. The van der Waals surface area contributed by atoms with Gasteiger partial charge in [0.2, 0.25) is 0 Å². The molecule has 0 spiro atoms. The van der Waals surface area contributed by atoms with Gasteiger partial charge in [0.15, 0.2) is 0 Å². The van der Waals surface area contributed by atoms with Crippen molar-refractivity contribution in [2.24, 2.45) is 0 Å². The van der Waals surface area contributed by atoms with Crippen molar-refractivity contribution in [2.45, 2.75) is 52.6 Å². The number of halogens is 1. The molecule has 1 unspecified atom stereocenters. The number of anilines is 1. The van der Waals surface area contributed by atoms with Crippen LogP contribution in [0.3, 0.4) is 0 Å². The minimum atomic E-state index is -0.0307. The first-order valence-corrected chi connectivity index (χ1v) is 7.42. The molecule has 0 saturated carbocycles. The highest BCUT2D eigenvalue weighted by Crippen LogP contribution is 2.32. The molecule has 1 N–H and O–H groups in total. The van der Waals surface area contributed by atoms with E-state index < -0.39 is 0 Å². The summed E-state index contributed by atoms with van der Waals surface area (Å²) in [6.45, 7) is 11.4. The van der Waals surface area contributed by atoms with E-state index >= 15 is 0 Å². The molecule has 1 aromatic heterocycles. The zero-order chi connectivity index (χ0) is 14.6. The van der Waals surface area contributed by atoms with Crippen molar-refractivity contribution in [2.75, 3.05) is 19.0 Å². The Morgan fingerprint density at radius 2 is 1.95 bits per heavy atom. The molecule has 0 fully saturated rings. The highest BCUT2D eigenvalue weighted by Gasteiger charge is 2.23. The van der Waals surface area contributed by atoms with Crippen LogP contribution in [0.25, 0.3) is 0 Å². The van der Waals surface area contributed by atoms with Crippen molar-refractivity contribution < 1.29 is 4.74 Å². The number of hydrogen-bond acceptors (Lipinski definition) is 4. The van der Waals surface area contributed by atoms with E-state index in [2.05, 4.69) is 53.9 Å². The second-order valence-electron chi connectivity index (χ2n) is 5.68. The standard InChI is InChI=1S/C14H24BrN3O/c1-7-16-13-11(15)12(14(3,4)5)17-10(18-13)8-9(2)19-6/h9H,7-8H2,1-6H3,(H,16,17,18). The van der Waals surface area contributed by atoms with Crippen LogP contribution in [0.1, 0.15) is 46.1 Å². The first kappa shape index (κ1) is 16.4. The van der Waals surface area contributed by atoms with Crippen LogP contribution >= 0.6 is 15.9 Å². The summed E-state index contributed by atoms with van der Waals surface area (Å²) < 4.78 is 6.25. The van der Waals surface area contributed by atoms with E-state index in [-0.39, 0.29) is 11.5 Å². The predicted molar refractivity (Wildman–Crippen MR) is 82.8 cm³/mol. The largest absolute Gasteiger partial charge is 0.381 e. The number of methoxy groups -OCH3 is 1. The third-order valence-corrected chi connectivity index (χ3v) is 3.58. The molecule has 4 nitrogen and oxygen atoms in total. The van der Waals surface area contributed by atoms with E-state index in [0.717, 1.165) is 28.4 Å². The van der Waals surface area contributed by atoms with Gasteiger partial charge in [0.1, 0.15) is 11.6 Å². The molecule has 0 aliphatic heterocycles. The summed E-state index contributed by atoms with van der Waals surface area (Å²) in [6.07, 6.45) is 0.828. The van der Waals surface area contributed by atoms with Crippen molar-refractivity contribution in [1.29, 1.82) is 0 Å². The van der Waals surface area contributed by atoms with E-state index in [1.165, 1.54) is 0 Å². The smallest absolute Gasteiger partial charge is 0.144 e. The Hall–Kier alpha value is -0.680. The Kier molecular flexibility index (Phi) is 5.74. The van der Waals surface area contributed by atoms with Crippen molar-refractivity contribution in [3.05, 3.63) is 16.0 Å². The van der Waals surface area contributed by atoms with Crippen LogP contribution in [0.2, 0.25) is 0 Å². The maximum atomic E-state index is 5.30. The monoisotopic (exact) mass is 329 g/mol. The quantitative estimate of drug-likeness (QED) is 0.897. The summed E-state index contributed by atoms with van der Waals surface area (Å²) in [5.41, 5.74) is 0.994. The van der Waals surface area contributed by atoms with Gasteiger partial charge in [-0.05, 0) is 29.8 Å². The van der Waals surface area contributed by atoms with Gasteiger partial charge in [-0.25, -0.2) is 9.97 Å². The van der Waals surface area contributed by atoms with Gasteiger partial charge in [-0.1, -0.05) is 20.8 Å². The fraction of sp³-hybridized carbons (Fsp3) is 0.714. The van der Waals surface area contributed by atoms with Crippen molar-refractivity contribution in [3.8, 4) is 0 Å². The van der Waals surface area contributed by atoms with Gasteiger partial charge >= 0.3 is 0 Å². The van der Waals surface area contributed by atoms with Gasteiger partial charge in [0.05, 0.1) is 16.3 Å². The van der Waals surface area contributed by atoms with Crippen LogP contribution in [0.15, 0.2) is 4.47 Å². The Balaban J connectivity index is 3.23. The molecule has 1 aromatic rings. The van der Waals surface area contributed by atoms with E-state index in [4.69, 9.17) is 9.72 Å². The first-order valence-electron chi connectivity index (χ1n) is 6.63. The molecule has 1 rings (SSSR count). The molecule has 0 bridgehead atoms. The molecule has 1 atom stereocenters. The third-order valence-electron chi connectivity index (χ3n) is 2.82. The summed E-state index contributed by atoms with van der Waals surface area (Å²) in [6, 6.07) is 0. The fourth-order valence-electron chi connectivity index (χ4n) is 1.71. The molecule has 108 valence electrons. The lowest BCUT2D eigenvalue weighted by atomic mass is 9.91. The maximum Gasteiger partial charge on any atom is 0.144 e. The van der Waals surface area contributed by atoms with E-state index in [9.17, 15) is 0 Å². The van der Waals surface area contributed by atoms with E-state index in [1.807, 2.05) is 6.92 Å². The van der Waals surface area contributed by atoms with Crippen molar-refractivity contribution >= 4 is 21.7 Å². The molecule has 5 heteroatoms. The van der Waals surface area contributed by atoms with Crippen LogP contribution < -0.4 is 5.32 Å². The number of hydrogen-bond donors (Lipinski definition) is 1. The summed E-state index contributed by atoms with van der Waals surface area (Å²) in [5, 5.41) is 3.28. The van der Waals surface area contributed by atoms with Gasteiger partial charge in [-0.3, -0.25) is 0 Å². The molecule has 19 heavy (non-hydrogen) atoms. The van der Waals surface area contributed by atoms with Crippen LogP contribution in [-0.2, 0) is 16.6 Å². The molecule has 0 aliphatic rings. The highest BCUT2D eigenvalue weighted by molar-refractivity contribution is 9.10. The average Bonchev–Trinajstić information content (AvgIpc) is 2.31. The molecular weight excluding hydrogens is 306 g/mol. The van der Waals surface area contributed by atoms with Gasteiger partial charge < -0.3 is 10.1 Å². The predicted octanol–water partition coefficient (Wildman–Crippen LogP) is 3.55. The van der Waals surface area contributed by atoms with Crippen molar-refractivity contribution in [1.82, 2.24) is 9.97 Å². The van der Waals surface area contributed by atoms with Gasteiger partial charge in [0, 0.05) is 25.5 Å². The topological polar surface area (TPSA) is 47.0 Å². The first-order chi connectivity index (χ1) is 8.79. The number of nitrogens with zero attached hydrogens (tertiary/aromatic N) is 2. The Morgan fingerprint density at radius 1 is 1.32 bits per heavy atom. The van der Waals surface area contributed by atoms with Gasteiger partial charge in [0.25, 0.3) is 0 Å². The lowest BCUT2D eigenvalue weighted by Gasteiger charge is -2.22. The van der Waals surface area contributed by atoms with Crippen molar-refractivity contribution in [3.63, 3.8) is 0 Å². The average molecular weight is 330 g/mol. The fourth-order valence-corrected chi connectivity index (χ4v) is 2.62. The normalized spacial score (nSPS) is 13.4. The second-order valence-corrected chi connectivity index (χ2v) is 6.47. The third kappa shape index (κ3) is 4.42. The molecule has 0 amide bonds. The minimum Gasteiger partial charge on any atom is -0.381 e. The van der Waals surface area contributed by atoms with Crippen LogP contribution in [0.5, 0.6) is 0 Å². The van der Waals surface area contributed by atoms with Gasteiger partial charge in [-0.2, -0.15) is 0 Å². The number of aromatic nitrogens is 2. The molecular formula is C14H24BrN3O. The summed E-state index contributed by atoms with van der Waals surface area (Å²) in [7, 11) is 1.71. The second kappa shape index (κ2) is 6.66. The zero-order valence-electron chi connectivity index (χ0n) is 12.7. The van der Waals surface area contributed by atoms with Gasteiger partial charge in [-0.15, -0.1) is 0 Å². The maximum absolute atomic E-state index is 5.30. The number of rotatable bonds is 5. The number of ether oxygens (including phenoxy) is 1. The molecule has 1 heterocycles. The summed E-state index contributed by atoms with van der Waals surface area (Å²) >= 11 is 3.62. The van der Waals surface area contributed by atoms with Crippen LogP contribution in [-0.4, -0.2) is 29.7 Å². The van der Waals surface area contributed by atoms with E-state index in [1.54, 1.807) is 7.11 Å². The molecule has 0 aromatic carbocycles. The zero-order valence-corrected chi connectivity index (χ0v) is 14.3. The number of nitrogens with one attached hydrogen (secondary N) is 1. The SMILES string of the molecule is CCNc1nc(CC(C)OC)nc(C(C)(C)C)c1Br. The lowest BCUT2D eigenvalue weighted by Crippen LogP contribution is -2.20.